The molecule has 112 valence electrons. The van der Waals surface area contributed by atoms with Gasteiger partial charge in [-0.25, -0.2) is 4.79 Å². The van der Waals surface area contributed by atoms with Crippen molar-refractivity contribution < 1.29 is 19.5 Å². The highest BCUT2D eigenvalue weighted by Gasteiger charge is 2.38. The van der Waals surface area contributed by atoms with Crippen LogP contribution >= 0.6 is 0 Å². The number of rotatable bonds is 4. The van der Waals surface area contributed by atoms with Crippen molar-refractivity contribution in [1.82, 2.24) is 15.5 Å². The first kappa shape index (κ1) is 14.6. The summed E-state index contributed by atoms with van der Waals surface area (Å²) in [7, 11) is 1.70. The quantitative estimate of drug-likeness (QED) is 0.691. The molecule has 0 bridgehead atoms. The third-order valence-electron chi connectivity index (χ3n) is 4.16. The average Bonchev–Trinajstić information content (AvgIpc) is 2.90. The third-order valence-corrected chi connectivity index (χ3v) is 4.16. The first-order chi connectivity index (χ1) is 9.42. The van der Waals surface area contributed by atoms with Crippen molar-refractivity contribution in [2.45, 2.75) is 50.1 Å². The van der Waals surface area contributed by atoms with E-state index in [4.69, 9.17) is 5.11 Å². The fourth-order valence-electron chi connectivity index (χ4n) is 3.08. The second-order valence-electron chi connectivity index (χ2n) is 5.76. The van der Waals surface area contributed by atoms with Gasteiger partial charge in [-0.2, -0.15) is 0 Å². The second-order valence-corrected chi connectivity index (χ2v) is 5.76. The molecule has 0 aromatic heterocycles. The predicted octanol–water partition coefficient (Wildman–Crippen LogP) is 0.304. The normalized spacial score (nSPS) is 24.8. The maximum absolute atomic E-state index is 12.0. The molecule has 7 nitrogen and oxygen atoms in total. The number of amides is 3. The van der Waals surface area contributed by atoms with Crippen molar-refractivity contribution in [2.24, 2.45) is 0 Å². The highest BCUT2D eigenvalue weighted by molar-refractivity contribution is 5.88. The minimum Gasteiger partial charge on any atom is -0.481 e. The number of urea groups is 1. The van der Waals surface area contributed by atoms with Crippen LogP contribution in [0.5, 0.6) is 0 Å². The van der Waals surface area contributed by atoms with Crippen LogP contribution in [0.3, 0.4) is 0 Å². The summed E-state index contributed by atoms with van der Waals surface area (Å²) in [5.74, 6) is -1.01. The molecule has 0 aromatic carbocycles. The van der Waals surface area contributed by atoms with Crippen molar-refractivity contribution in [3.05, 3.63) is 0 Å². The largest absolute Gasteiger partial charge is 0.481 e. The molecule has 1 aliphatic heterocycles. The minimum atomic E-state index is -0.913. The number of carbonyl (C=O) groups is 3. The number of likely N-dealkylation sites (tertiary alicyclic amines) is 1. The molecule has 1 atom stereocenters. The van der Waals surface area contributed by atoms with Crippen LogP contribution in [-0.2, 0) is 9.59 Å². The van der Waals surface area contributed by atoms with Crippen LogP contribution in [0, 0.1) is 0 Å². The Labute approximate surface area is 117 Å². The smallest absolute Gasteiger partial charge is 0.315 e. The van der Waals surface area contributed by atoms with E-state index in [1.54, 1.807) is 11.9 Å². The van der Waals surface area contributed by atoms with E-state index >= 15 is 0 Å². The summed E-state index contributed by atoms with van der Waals surface area (Å²) in [6.07, 6.45) is 3.70. The first-order valence-electron chi connectivity index (χ1n) is 6.97. The Balaban J connectivity index is 1.92. The van der Waals surface area contributed by atoms with Gasteiger partial charge >= 0.3 is 12.0 Å². The lowest BCUT2D eigenvalue weighted by Crippen LogP contribution is -2.54. The number of nitrogens with zero attached hydrogens (tertiary/aromatic N) is 1. The molecule has 0 spiro atoms. The second kappa shape index (κ2) is 5.68. The van der Waals surface area contributed by atoms with Crippen LogP contribution in [0.1, 0.15) is 38.5 Å². The molecule has 1 unspecified atom stereocenters. The molecule has 1 heterocycles. The number of hydrogen-bond acceptors (Lipinski definition) is 3. The van der Waals surface area contributed by atoms with Crippen LogP contribution in [0.15, 0.2) is 0 Å². The molecule has 2 fully saturated rings. The molecule has 2 rings (SSSR count). The lowest BCUT2D eigenvalue weighted by Gasteiger charge is -2.29. The summed E-state index contributed by atoms with van der Waals surface area (Å²) < 4.78 is 0. The zero-order valence-electron chi connectivity index (χ0n) is 11.6. The average molecular weight is 283 g/mol. The third kappa shape index (κ3) is 3.20. The van der Waals surface area contributed by atoms with Gasteiger partial charge in [0.25, 0.3) is 0 Å². The van der Waals surface area contributed by atoms with Gasteiger partial charge in [-0.3, -0.25) is 9.59 Å². The number of hydrogen-bond donors (Lipinski definition) is 3. The van der Waals surface area contributed by atoms with Crippen LogP contribution in [-0.4, -0.2) is 53.1 Å². The maximum Gasteiger partial charge on any atom is 0.315 e. The van der Waals surface area contributed by atoms with E-state index in [2.05, 4.69) is 10.6 Å². The molecule has 3 amide bonds. The van der Waals surface area contributed by atoms with Gasteiger partial charge in [0.05, 0.1) is 12.0 Å². The Hall–Kier alpha value is -1.79. The summed E-state index contributed by atoms with van der Waals surface area (Å²) in [5, 5.41) is 14.4. The summed E-state index contributed by atoms with van der Waals surface area (Å²) in [5.41, 5.74) is -0.663. The molecule has 1 aliphatic carbocycles. The molecule has 20 heavy (non-hydrogen) atoms. The van der Waals surface area contributed by atoms with E-state index in [1.165, 1.54) is 0 Å². The molecule has 1 saturated heterocycles. The molecule has 2 aliphatic rings. The molecule has 7 heteroatoms. The Kier molecular flexibility index (Phi) is 4.15. The topological polar surface area (TPSA) is 98.7 Å². The van der Waals surface area contributed by atoms with Crippen LogP contribution < -0.4 is 10.6 Å². The van der Waals surface area contributed by atoms with Gasteiger partial charge in [0.1, 0.15) is 6.04 Å². The fourth-order valence-corrected chi connectivity index (χ4v) is 3.08. The Morgan fingerprint density at radius 1 is 1.40 bits per heavy atom. The minimum absolute atomic E-state index is 0.0705. The lowest BCUT2D eigenvalue weighted by molar-refractivity contribution is -0.138. The van der Waals surface area contributed by atoms with Gasteiger partial charge in [0.15, 0.2) is 0 Å². The molecule has 1 saturated carbocycles. The Morgan fingerprint density at radius 2 is 2.05 bits per heavy atom. The molecule has 3 N–H and O–H groups in total. The number of carbonyl (C=O) groups excluding carboxylic acids is 2. The van der Waals surface area contributed by atoms with Crippen molar-refractivity contribution in [3.63, 3.8) is 0 Å². The highest BCUT2D eigenvalue weighted by atomic mass is 16.4. The number of aliphatic carboxylic acids is 1. The van der Waals surface area contributed by atoms with E-state index in [0.717, 1.165) is 12.8 Å². The summed E-state index contributed by atoms with van der Waals surface area (Å²) in [6, 6.07) is -0.940. The molecule has 0 radical (unpaired) electrons. The van der Waals surface area contributed by atoms with Crippen molar-refractivity contribution in [3.8, 4) is 0 Å². The van der Waals surface area contributed by atoms with Gasteiger partial charge in [-0.15, -0.1) is 0 Å². The van der Waals surface area contributed by atoms with E-state index in [-0.39, 0.29) is 12.3 Å². The first-order valence-corrected chi connectivity index (χ1v) is 6.97. The zero-order chi connectivity index (χ0) is 14.8. The molecular weight excluding hydrogens is 262 g/mol. The van der Waals surface area contributed by atoms with Crippen molar-refractivity contribution in [2.75, 3.05) is 13.6 Å². The van der Waals surface area contributed by atoms with E-state index in [1.807, 2.05) is 0 Å². The summed E-state index contributed by atoms with van der Waals surface area (Å²) in [6.45, 7) is 0.629. The van der Waals surface area contributed by atoms with Gasteiger partial charge in [0.2, 0.25) is 5.91 Å². The van der Waals surface area contributed by atoms with E-state index in [0.29, 0.717) is 25.8 Å². The molecular formula is C13H21N3O4. The number of nitrogens with one attached hydrogen (secondary N) is 2. The predicted molar refractivity (Wildman–Crippen MR) is 71.2 cm³/mol. The number of carboxylic acids is 1. The van der Waals surface area contributed by atoms with Gasteiger partial charge in [0, 0.05) is 13.6 Å². The van der Waals surface area contributed by atoms with Gasteiger partial charge < -0.3 is 20.6 Å². The standard InChI is InChI=1S/C13H21N3O4/c1-16-7-4-9(11(16)19)14-12(20)15-13(8-10(17)18)5-2-3-6-13/h9H,2-8H2,1H3,(H,17,18)(H2,14,15,20). The highest BCUT2D eigenvalue weighted by Crippen LogP contribution is 2.32. The van der Waals surface area contributed by atoms with Crippen molar-refractivity contribution >= 4 is 17.9 Å². The van der Waals surface area contributed by atoms with Crippen LogP contribution in [0.4, 0.5) is 4.79 Å². The summed E-state index contributed by atoms with van der Waals surface area (Å²) in [4.78, 5) is 36.3. The van der Waals surface area contributed by atoms with Gasteiger partial charge in [-0.1, -0.05) is 12.8 Å². The zero-order valence-corrected chi connectivity index (χ0v) is 11.6. The van der Waals surface area contributed by atoms with E-state index in [9.17, 15) is 14.4 Å². The Bertz CT molecular complexity index is 418. The maximum atomic E-state index is 12.0. The lowest BCUT2D eigenvalue weighted by atomic mass is 9.93. The SMILES string of the molecule is CN1CCC(NC(=O)NC2(CC(=O)O)CCCC2)C1=O. The molecule has 0 aromatic rings. The number of carboxylic acid groups (broad SMARTS) is 1. The van der Waals surface area contributed by atoms with Crippen LogP contribution in [0.2, 0.25) is 0 Å². The number of likely N-dealkylation sites (N-methyl/N-ethyl adjacent to an activating group) is 1. The fraction of sp³-hybridized carbons (Fsp3) is 0.769. The van der Waals surface area contributed by atoms with Crippen LogP contribution in [0.25, 0.3) is 0 Å². The van der Waals surface area contributed by atoms with Gasteiger partial charge in [-0.05, 0) is 19.3 Å². The van der Waals surface area contributed by atoms with E-state index < -0.39 is 23.6 Å². The Morgan fingerprint density at radius 3 is 2.55 bits per heavy atom. The van der Waals surface area contributed by atoms with Crippen molar-refractivity contribution in [1.29, 1.82) is 0 Å². The monoisotopic (exact) mass is 283 g/mol. The summed E-state index contributed by atoms with van der Waals surface area (Å²) >= 11 is 0.